The molecular formula is C18H27N3S. The maximum Gasteiger partial charge on any atom is 0.166 e. The van der Waals surface area contributed by atoms with Crippen molar-refractivity contribution in [2.75, 3.05) is 13.1 Å². The Morgan fingerprint density at radius 1 is 1.00 bits per heavy atom. The molecule has 3 rings (SSSR count). The summed E-state index contributed by atoms with van der Waals surface area (Å²) in [6.07, 6.45) is 7.79. The molecule has 1 aliphatic heterocycles. The molecule has 1 aliphatic carbocycles. The smallest absolute Gasteiger partial charge is 0.166 e. The highest BCUT2D eigenvalue weighted by atomic mass is 32.1. The summed E-state index contributed by atoms with van der Waals surface area (Å²) >= 11 is 5.50. The van der Waals surface area contributed by atoms with Gasteiger partial charge in [-0.15, -0.1) is 0 Å². The van der Waals surface area contributed by atoms with Crippen molar-refractivity contribution >= 4 is 17.3 Å². The van der Waals surface area contributed by atoms with Crippen molar-refractivity contribution in [3.8, 4) is 0 Å². The van der Waals surface area contributed by atoms with Crippen LogP contribution in [0.4, 0.5) is 0 Å². The molecule has 1 aromatic carbocycles. The van der Waals surface area contributed by atoms with Crippen LogP contribution in [0, 0.1) is 0 Å². The van der Waals surface area contributed by atoms with Crippen LogP contribution in [-0.4, -0.2) is 35.2 Å². The van der Waals surface area contributed by atoms with Crippen molar-refractivity contribution in [1.82, 2.24) is 15.5 Å². The minimum absolute atomic E-state index is 0.493. The Bertz CT molecular complexity index is 470. The van der Waals surface area contributed by atoms with Crippen LogP contribution >= 0.6 is 12.2 Å². The zero-order valence-corrected chi connectivity index (χ0v) is 14.1. The second-order valence-electron chi connectivity index (χ2n) is 6.66. The molecule has 120 valence electrons. The number of nitrogens with one attached hydrogen (secondary N) is 2. The van der Waals surface area contributed by atoms with Gasteiger partial charge in [0.25, 0.3) is 0 Å². The van der Waals surface area contributed by atoms with Crippen molar-refractivity contribution in [3.05, 3.63) is 35.9 Å². The van der Waals surface area contributed by atoms with Crippen molar-refractivity contribution in [3.63, 3.8) is 0 Å². The van der Waals surface area contributed by atoms with Gasteiger partial charge in [0.2, 0.25) is 0 Å². The largest absolute Gasteiger partial charge is 0.360 e. The number of rotatable bonds is 4. The minimum Gasteiger partial charge on any atom is -0.360 e. The highest BCUT2D eigenvalue weighted by Gasteiger charge is 2.23. The van der Waals surface area contributed by atoms with Crippen molar-refractivity contribution in [2.24, 2.45) is 0 Å². The molecule has 2 aliphatic rings. The van der Waals surface area contributed by atoms with Gasteiger partial charge in [0.05, 0.1) is 0 Å². The maximum absolute atomic E-state index is 5.50. The third kappa shape index (κ3) is 4.68. The van der Waals surface area contributed by atoms with Crippen LogP contribution in [0.5, 0.6) is 0 Å². The SMILES string of the molecule is S=C(NC1CCCCC1)N[C@H]1CCN(Cc2ccccc2)C1. The summed E-state index contributed by atoms with van der Waals surface area (Å²) in [7, 11) is 0. The zero-order chi connectivity index (χ0) is 15.2. The van der Waals surface area contributed by atoms with Gasteiger partial charge in [0.15, 0.2) is 5.11 Å². The standard InChI is InChI=1S/C18H27N3S/c22-18(19-16-9-5-2-6-10-16)20-17-11-12-21(14-17)13-15-7-3-1-4-8-15/h1,3-4,7-8,16-17H,2,5-6,9-14H2,(H2,19,20,22)/t17-/m0/s1. The average molecular weight is 318 g/mol. The predicted molar refractivity (Wildman–Crippen MR) is 95.9 cm³/mol. The molecule has 1 saturated carbocycles. The number of benzene rings is 1. The van der Waals surface area contributed by atoms with Crippen LogP contribution in [0.2, 0.25) is 0 Å². The van der Waals surface area contributed by atoms with Gasteiger partial charge in [-0.25, -0.2) is 0 Å². The van der Waals surface area contributed by atoms with E-state index in [2.05, 4.69) is 45.9 Å². The molecule has 2 fully saturated rings. The molecule has 0 spiro atoms. The Labute approximate surface area is 139 Å². The van der Waals surface area contributed by atoms with E-state index in [0.29, 0.717) is 12.1 Å². The molecule has 1 aromatic rings. The third-order valence-electron chi connectivity index (χ3n) is 4.80. The molecule has 1 heterocycles. The van der Waals surface area contributed by atoms with E-state index < -0.39 is 0 Å². The molecule has 0 unspecified atom stereocenters. The van der Waals surface area contributed by atoms with Gasteiger partial charge in [-0.3, -0.25) is 4.90 Å². The van der Waals surface area contributed by atoms with Gasteiger partial charge in [0.1, 0.15) is 0 Å². The van der Waals surface area contributed by atoms with Gasteiger partial charge in [-0.2, -0.15) is 0 Å². The Kier molecular flexibility index (Phi) is 5.68. The molecule has 22 heavy (non-hydrogen) atoms. The average Bonchev–Trinajstić information content (AvgIpc) is 2.96. The highest BCUT2D eigenvalue weighted by molar-refractivity contribution is 7.80. The maximum atomic E-state index is 5.50. The summed E-state index contributed by atoms with van der Waals surface area (Å²) in [4.78, 5) is 2.51. The number of thiocarbonyl (C=S) groups is 1. The quantitative estimate of drug-likeness (QED) is 0.835. The predicted octanol–water partition coefficient (Wildman–Crippen LogP) is 3.06. The monoisotopic (exact) mass is 317 g/mol. The summed E-state index contributed by atoms with van der Waals surface area (Å²) in [6.45, 7) is 3.28. The van der Waals surface area contributed by atoms with E-state index >= 15 is 0 Å². The summed E-state index contributed by atoms with van der Waals surface area (Å²) in [6, 6.07) is 11.8. The summed E-state index contributed by atoms with van der Waals surface area (Å²) in [5, 5.41) is 7.89. The molecule has 1 atom stereocenters. The molecule has 0 aromatic heterocycles. The second-order valence-corrected chi connectivity index (χ2v) is 7.07. The first-order valence-electron chi connectivity index (χ1n) is 8.63. The third-order valence-corrected chi connectivity index (χ3v) is 5.03. The van der Waals surface area contributed by atoms with E-state index in [-0.39, 0.29) is 0 Å². The van der Waals surface area contributed by atoms with E-state index in [1.54, 1.807) is 0 Å². The number of likely N-dealkylation sites (tertiary alicyclic amines) is 1. The topological polar surface area (TPSA) is 27.3 Å². The molecule has 3 nitrogen and oxygen atoms in total. The van der Waals surface area contributed by atoms with Crippen LogP contribution < -0.4 is 10.6 Å². The molecule has 4 heteroatoms. The lowest BCUT2D eigenvalue weighted by Crippen LogP contribution is -2.47. The van der Waals surface area contributed by atoms with Gasteiger partial charge in [-0.05, 0) is 37.0 Å². The highest BCUT2D eigenvalue weighted by Crippen LogP contribution is 2.17. The molecular weight excluding hydrogens is 290 g/mol. The van der Waals surface area contributed by atoms with E-state index in [1.807, 2.05) is 0 Å². The summed E-state index contributed by atoms with van der Waals surface area (Å²) in [5.74, 6) is 0. The van der Waals surface area contributed by atoms with E-state index in [1.165, 1.54) is 44.1 Å². The molecule has 0 radical (unpaired) electrons. The number of hydrogen-bond donors (Lipinski definition) is 2. The lowest BCUT2D eigenvalue weighted by atomic mass is 9.96. The first-order chi connectivity index (χ1) is 10.8. The van der Waals surface area contributed by atoms with Crippen LogP contribution in [0.15, 0.2) is 30.3 Å². The van der Waals surface area contributed by atoms with E-state index in [4.69, 9.17) is 12.2 Å². The molecule has 1 saturated heterocycles. The van der Waals surface area contributed by atoms with Crippen LogP contribution in [0.3, 0.4) is 0 Å². The van der Waals surface area contributed by atoms with Gasteiger partial charge in [-0.1, -0.05) is 49.6 Å². The normalized spacial score (nSPS) is 23.4. The summed E-state index contributed by atoms with van der Waals surface area (Å²) in [5.41, 5.74) is 1.39. The first kappa shape index (κ1) is 15.8. The van der Waals surface area contributed by atoms with Gasteiger partial charge in [0, 0.05) is 31.7 Å². The number of nitrogens with zero attached hydrogens (tertiary/aromatic N) is 1. The molecule has 0 amide bonds. The lowest BCUT2D eigenvalue weighted by Gasteiger charge is -2.26. The zero-order valence-electron chi connectivity index (χ0n) is 13.3. The molecule has 0 bridgehead atoms. The van der Waals surface area contributed by atoms with Crippen molar-refractivity contribution < 1.29 is 0 Å². The fourth-order valence-corrected chi connectivity index (χ4v) is 3.93. The number of hydrogen-bond acceptors (Lipinski definition) is 2. The van der Waals surface area contributed by atoms with Crippen molar-refractivity contribution in [2.45, 2.75) is 57.2 Å². The Morgan fingerprint density at radius 2 is 1.73 bits per heavy atom. The second kappa shape index (κ2) is 7.93. The summed E-state index contributed by atoms with van der Waals surface area (Å²) < 4.78 is 0. The molecule has 2 N–H and O–H groups in total. The van der Waals surface area contributed by atoms with Crippen molar-refractivity contribution in [1.29, 1.82) is 0 Å². The van der Waals surface area contributed by atoms with Gasteiger partial charge >= 0.3 is 0 Å². The van der Waals surface area contributed by atoms with Gasteiger partial charge < -0.3 is 10.6 Å². The first-order valence-corrected chi connectivity index (χ1v) is 9.04. The Morgan fingerprint density at radius 3 is 2.50 bits per heavy atom. The fraction of sp³-hybridized carbons (Fsp3) is 0.611. The Hall–Kier alpha value is -1.13. The van der Waals surface area contributed by atoms with Crippen LogP contribution in [-0.2, 0) is 6.54 Å². The van der Waals surface area contributed by atoms with Crippen LogP contribution in [0.25, 0.3) is 0 Å². The van der Waals surface area contributed by atoms with E-state index in [0.717, 1.165) is 24.7 Å². The van der Waals surface area contributed by atoms with E-state index in [9.17, 15) is 0 Å². The van der Waals surface area contributed by atoms with Crippen LogP contribution in [0.1, 0.15) is 44.1 Å². The minimum atomic E-state index is 0.493. The lowest BCUT2D eigenvalue weighted by molar-refractivity contribution is 0.324. The fourth-order valence-electron chi connectivity index (χ4n) is 3.60. The Balaban J connectivity index is 1.39.